The second-order valence-corrected chi connectivity index (χ2v) is 8.54. The Morgan fingerprint density at radius 2 is 1.59 bits per heavy atom. The van der Waals surface area contributed by atoms with Gasteiger partial charge in [-0.1, -0.05) is 32.0 Å². The lowest BCUT2D eigenvalue weighted by molar-refractivity contribution is -0.384. The number of benzene rings is 3. The molecular weight excluding hydrogens is 408 g/mol. The van der Waals surface area contributed by atoms with E-state index in [0.717, 1.165) is 11.3 Å². The summed E-state index contributed by atoms with van der Waals surface area (Å²) in [5.41, 5.74) is 1.85. The lowest BCUT2D eigenvalue weighted by Gasteiger charge is -2.40. The van der Waals surface area contributed by atoms with Crippen LogP contribution in [0, 0.1) is 10.1 Å². The SMILES string of the molecule is CC1(C)c2ccccc2N(Cc2cc(N=Nc3ccc([N+](=O)[O-])cc3)ccc2O)C1(C)O. The van der Waals surface area contributed by atoms with E-state index < -0.39 is 16.1 Å². The van der Waals surface area contributed by atoms with Crippen molar-refractivity contribution in [2.75, 3.05) is 4.90 Å². The van der Waals surface area contributed by atoms with Crippen molar-refractivity contribution in [2.45, 2.75) is 38.5 Å². The summed E-state index contributed by atoms with van der Waals surface area (Å²) < 4.78 is 0. The van der Waals surface area contributed by atoms with Gasteiger partial charge in [0.05, 0.1) is 16.3 Å². The maximum atomic E-state index is 11.4. The van der Waals surface area contributed by atoms with Gasteiger partial charge in [0, 0.05) is 35.3 Å². The van der Waals surface area contributed by atoms with Gasteiger partial charge in [0.2, 0.25) is 0 Å². The summed E-state index contributed by atoms with van der Waals surface area (Å²) in [6, 6.07) is 18.5. The first kappa shape index (κ1) is 21.5. The van der Waals surface area contributed by atoms with Crippen LogP contribution in [0.1, 0.15) is 31.9 Å². The van der Waals surface area contributed by atoms with Gasteiger partial charge in [-0.05, 0) is 48.9 Å². The van der Waals surface area contributed by atoms with E-state index in [1.54, 1.807) is 25.1 Å². The number of rotatable bonds is 5. The van der Waals surface area contributed by atoms with Gasteiger partial charge < -0.3 is 15.1 Å². The van der Waals surface area contributed by atoms with Crippen molar-refractivity contribution >= 4 is 22.7 Å². The normalized spacial score (nSPS) is 19.3. The molecule has 0 saturated carbocycles. The lowest BCUT2D eigenvalue weighted by atomic mass is 9.78. The van der Waals surface area contributed by atoms with Gasteiger partial charge >= 0.3 is 0 Å². The monoisotopic (exact) mass is 432 g/mol. The number of fused-ring (bicyclic) bond motifs is 1. The average Bonchev–Trinajstić information content (AvgIpc) is 2.91. The maximum absolute atomic E-state index is 11.4. The molecule has 0 spiro atoms. The highest BCUT2D eigenvalue weighted by atomic mass is 16.6. The minimum Gasteiger partial charge on any atom is -0.508 e. The van der Waals surface area contributed by atoms with Crippen molar-refractivity contribution in [2.24, 2.45) is 10.2 Å². The molecule has 0 fully saturated rings. The smallest absolute Gasteiger partial charge is 0.269 e. The fourth-order valence-corrected chi connectivity index (χ4v) is 3.99. The number of aromatic hydroxyl groups is 1. The number of para-hydroxylation sites is 1. The maximum Gasteiger partial charge on any atom is 0.269 e. The van der Waals surface area contributed by atoms with Gasteiger partial charge in [-0.25, -0.2) is 0 Å². The number of nitrogens with zero attached hydrogens (tertiary/aromatic N) is 4. The van der Waals surface area contributed by atoms with E-state index in [4.69, 9.17) is 0 Å². The molecule has 1 heterocycles. The minimum atomic E-state index is -1.17. The number of nitro benzene ring substituents is 1. The van der Waals surface area contributed by atoms with Crippen LogP contribution in [-0.2, 0) is 12.0 Å². The van der Waals surface area contributed by atoms with Crippen LogP contribution in [0.3, 0.4) is 0 Å². The number of nitro groups is 1. The van der Waals surface area contributed by atoms with Crippen LogP contribution in [-0.4, -0.2) is 20.9 Å². The topological polar surface area (TPSA) is 112 Å². The largest absolute Gasteiger partial charge is 0.508 e. The Morgan fingerprint density at radius 3 is 2.28 bits per heavy atom. The number of hydrogen-bond donors (Lipinski definition) is 2. The number of phenols is 1. The minimum absolute atomic E-state index is 0.0169. The number of azo groups is 1. The van der Waals surface area contributed by atoms with Crippen molar-refractivity contribution < 1.29 is 15.1 Å². The molecule has 3 aromatic carbocycles. The fraction of sp³-hybridized carbons (Fsp3) is 0.250. The molecule has 2 N–H and O–H groups in total. The standard InChI is InChI=1S/C24H24N4O4/c1-23(2)20-6-4-5-7-21(20)27(24(23,3)30)15-16-14-18(10-13-22(16)29)26-25-17-8-11-19(12-9-17)28(31)32/h4-14,29-30H,15H2,1-3H3. The first-order valence-corrected chi connectivity index (χ1v) is 10.2. The molecule has 1 aliphatic heterocycles. The fourth-order valence-electron chi connectivity index (χ4n) is 3.99. The zero-order valence-corrected chi connectivity index (χ0v) is 18.1. The summed E-state index contributed by atoms with van der Waals surface area (Å²) in [5.74, 6) is 0.0947. The Morgan fingerprint density at radius 1 is 0.969 bits per heavy atom. The average molecular weight is 432 g/mol. The zero-order valence-electron chi connectivity index (χ0n) is 18.1. The van der Waals surface area contributed by atoms with Crippen molar-refractivity contribution in [3.05, 3.63) is 88.0 Å². The van der Waals surface area contributed by atoms with Gasteiger partial charge in [0.1, 0.15) is 11.5 Å². The van der Waals surface area contributed by atoms with Crippen molar-refractivity contribution in [1.82, 2.24) is 0 Å². The Bertz CT molecular complexity index is 1200. The molecular formula is C24H24N4O4. The van der Waals surface area contributed by atoms with Gasteiger partial charge in [-0.2, -0.15) is 10.2 Å². The first-order valence-electron chi connectivity index (χ1n) is 10.2. The third-order valence-electron chi connectivity index (χ3n) is 6.31. The second kappa shape index (κ2) is 7.72. The van der Waals surface area contributed by atoms with Gasteiger partial charge in [0.25, 0.3) is 5.69 Å². The molecule has 8 heteroatoms. The molecule has 0 bridgehead atoms. The van der Waals surface area contributed by atoms with Gasteiger partial charge in [0.15, 0.2) is 0 Å². The van der Waals surface area contributed by atoms with E-state index in [2.05, 4.69) is 10.2 Å². The van der Waals surface area contributed by atoms with E-state index in [9.17, 15) is 20.3 Å². The molecule has 1 aliphatic rings. The highest BCUT2D eigenvalue weighted by Crippen LogP contribution is 2.51. The molecule has 0 amide bonds. The molecule has 32 heavy (non-hydrogen) atoms. The number of anilines is 1. The number of aliphatic hydroxyl groups is 1. The van der Waals surface area contributed by atoms with E-state index >= 15 is 0 Å². The molecule has 8 nitrogen and oxygen atoms in total. The predicted molar refractivity (Wildman–Crippen MR) is 122 cm³/mol. The zero-order chi connectivity index (χ0) is 23.1. The summed E-state index contributed by atoms with van der Waals surface area (Å²) in [4.78, 5) is 12.2. The predicted octanol–water partition coefficient (Wildman–Crippen LogP) is 5.72. The lowest BCUT2D eigenvalue weighted by Crippen LogP contribution is -2.53. The van der Waals surface area contributed by atoms with E-state index in [0.29, 0.717) is 16.9 Å². The van der Waals surface area contributed by atoms with Crippen molar-refractivity contribution in [3.63, 3.8) is 0 Å². The molecule has 4 rings (SSSR count). The van der Waals surface area contributed by atoms with Crippen LogP contribution in [0.25, 0.3) is 0 Å². The quantitative estimate of drug-likeness (QED) is 0.304. The van der Waals surface area contributed by atoms with E-state index in [1.165, 1.54) is 24.3 Å². The van der Waals surface area contributed by atoms with Crippen LogP contribution in [0.5, 0.6) is 5.75 Å². The van der Waals surface area contributed by atoms with Crippen LogP contribution in [0.2, 0.25) is 0 Å². The summed E-state index contributed by atoms with van der Waals surface area (Å²) in [7, 11) is 0. The summed E-state index contributed by atoms with van der Waals surface area (Å²) >= 11 is 0. The van der Waals surface area contributed by atoms with Crippen LogP contribution >= 0.6 is 0 Å². The second-order valence-electron chi connectivity index (χ2n) is 8.54. The van der Waals surface area contributed by atoms with Crippen molar-refractivity contribution in [3.8, 4) is 5.75 Å². The number of non-ortho nitro benzene ring substituents is 1. The molecule has 1 unspecified atom stereocenters. The molecule has 0 radical (unpaired) electrons. The molecule has 3 aromatic rings. The van der Waals surface area contributed by atoms with Crippen LogP contribution in [0.15, 0.2) is 77.0 Å². The Balaban J connectivity index is 1.62. The Kier molecular flexibility index (Phi) is 5.18. The molecule has 0 aliphatic carbocycles. The molecule has 164 valence electrons. The van der Waals surface area contributed by atoms with Crippen LogP contribution in [0.4, 0.5) is 22.7 Å². The third-order valence-corrected chi connectivity index (χ3v) is 6.31. The van der Waals surface area contributed by atoms with Crippen molar-refractivity contribution in [1.29, 1.82) is 0 Å². The van der Waals surface area contributed by atoms with E-state index in [1.807, 2.05) is 43.0 Å². The summed E-state index contributed by atoms with van der Waals surface area (Å²) in [5, 5.41) is 41.0. The Labute approximate surface area is 185 Å². The summed E-state index contributed by atoms with van der Waals surface area (Å²) in [6.07, 6.45) is 0. The van der Waals surface area contributed by atoms with Gasteiger partial charge in [-0.3, -0.25) is 10.1 Å². The summed E-state index contributed by atoms with van der Waals surface area (Å²) in [6.45, 7) is 6.06. The highest BCUT2D eigenvalue weighted by molar-refractivity contribution is 5.66. The third kappa shape index (κ3) is 3.58. The number of hydrogen-bond acceptors (Lipinski definition) is 7. The molecule has 1 atom stereocenters. The van der Waals surface area contributed by atoms with Gasteiger partial charge in [-0.15, -0.1) is 0 Å². The Hall–Kier alpha value is -3.78. The number of phenolic OH excluding ortho intramolecular Hbond substituents is 1. The highest BCUT2D eigenvalue weighted by Gasteiger charge is 2.52. The van der Waals surface area contributed by atoms with Crippen LogP contribution < -0.4 is 4.90 Å². The van der Waals surface area contributed by atoms with E-state index in [-0.39, 0.29) is 18.0 Å². The molecule has 0 saturated heterocycles. The molecule has 0 aromatic heterocycles. The first-order chi connectivity index (χ1) is 15.1.